The molecule has 0 atom stereocenters. The molecule has 2 rings (SSSR count). The summed E-state index contributed by atoms with van der Waals surface area (Å²) in [5.74, 6) is 0. The van der Waals surface area contributed by atoms with E-state index in [4.69, 9.17) is 4.74 Å². The summed E-state index contributed by atoms with van der Waals surface area (Å²) >= 11 is 0. The normalized spacial score (nSPS) is 23.0. The molecule has 0 bridgehead atoms. The lowest BCUT2D eigenvalue weighted by atomic mass is 10.1. The van der Waals surface area contributed by atoms with E-state index in [1.54, 1.807) is 11.8 Å². The standard InChI is InChI=1S/C14H26N2O4S/c1-13(2,3)20-12(17)16-9-5-11(6-10-16)15-21(18,19)14(4)7-8-14/h11,15H,5-10H2,1-4H3. The molecule has 1 aliphatic carbocycles. The third kappa shape index (κ3) is 4.10. The number of amides is 1. The second-order valence-corrected chi connectivity index (χ2v) is 9.54. The molecule has 0 aromatic heterocycles. The Morgan fingerprint density at radius 2 is 1.76 bits per heavy atom. The van der Waals surface area contributed by atoms with Gasteiger partial charge in [0, 0.05) is 19.1 Å². The smallest absolute Gasteiger partial charge is 0.410 e. The van der Waals surface area contributed by atoms with E-state index in [9.17, 15) is 13.2 Å². The molecule has 0 aromatic rings. The van der Waals surface area contributed by atoms with Crippen LogP contribution in [0.25, 0.3) is 0 Å². The van der Waals surface area contributed by atoms with Crippen LogP contribution in [0.3, 0.4) is 0 Å². The highest BCUT2D eigenvalue weighted by Crippen LogP contribution is 2.42. The topological polar surface area (TPSA) is 75.7 Å². The van der Waals surface area contributed by atoms with Crippen molar-refractivity contribution < 1.29 is 17.9 Å². The fourth-order valence-corrected chi connectivity index (χ4v) is 3.91. The van der Waals surface area contributed by atoms with E-state index in [-0.39, 0.29) is 12.1 Å². The minimum absolute atomic E-state index is 0.0777. The zero-order valence-electron chi connectivity index (χ0n) is 13.3. The summed E-state index contributed by atoms with van der Waals surface area (Å²) < 4.78 is 31.9. The van der Waals surface area contributed by atoms with Gasteiger partial charge in [0.2, 0.25) is 10.0 Å². The fourth-order valence-electron chi connectivity index (χ4n) is 2.31. The average molecular weight is 318 g/mol. The minimum atomic E-state index is -3.24. The minimum Gasteiger partial charge on any atom is -0.444 e. The summed E-state index contributed by atoms with van der Waals surface area (Å²) in [5, 5.41) is 0. The van der Waals surface area contributed by atoms with Gasteiger partial charge in [-0.05, 0) is 53.4 Å². The van der Waals surface area contributed by atoms with Gasteiger partial charge < -0.3 is 9.64 Å². The molecule has 21 heavy (non-hydrogen) atoms. The summed E-state index contributed by atoms with van der Waals surface area (Å²) in [7, 11) is -3.24. The van der Waals surface area contributed by atoms with Crippen molar-refractivity contribution in [1.82, 2.24) is 9.62 Å². The number of hydrogen-bond donors (Lipinski definition) is 1. The zero-order valence-corrected chi connectivity index (χ0v) is 14.1. The van der Waals surface area contributed by atoms with Crippen LogP contribution in [0.15, 0.2) is 0 Å². The van der Waals surface area contributed by atoms with Crippen LogP contribution in [-0.4, -0.2) is 48.9 Å². The third-order valence-corrected chi connectivity index (χ3v) is 6.42. The number of carbonyl (C=O) groups excluding carboxylic acids is 1. The second-order valence-electron chi connectivity index (χ2n) is 7.31. The van der Waals surface area contributed by atoms with E-state index < -0.39 is 20.4 Å². The molecule has 1 amide bonds. The predicted octanol–water partition coefficient (Wildman–Crippen LogP) is 1.86. The number of nitrogens with one attached hydrogen (secondary N) is 1. The Kier molecular flexibility index (Phi) is 4.28. The molecule has 0 aromatic carbocycles. The van der Waals surface area contributed by atoms with Crippen LogP contribution in [0.1, 0.15) is 53.4 Å². The van der Waals surface area contributed by atoms with Crippen LogP contribution in [0.5, 0.6) is 0 Å². The largest absolute Gasteiger partial charge is 0.444 e. The van der Waals surface area contributed by atoms with Gasteiger partial charge in [0.05, 0.1) is 4.75 Å². The number of nitrogens with zero attached hydrogens (tertiary/aromatic N) is 1. The monoisotopic (exact) mass is 318 g/mol. The van der Waals surface area contributed by atoms with E-state index in [1.165, 1.54) is 0 Å². The van der Waals surface area contributed by atoms with Gasteiger partial charge in [-0.25, -0.2) is 17.9 Å². The molecule has 122 valence electrons. The van der Waals surface area contributed by atoms with Crippen LogP contribution in [0.2, 0.25) is 0 Å². The Morgan fingerprint density at radius 1 is 1.24 bits per heavy atom. The third-order valence-electron chi connectivity index (χ3n) is 4.07. The number of likely N-dealkylation sites (tertiary alicyclic amines) is 1. The molecule has 1 N–H and O–H groups in total. The Bertz CT molecular complexity index is 498. The van der Waals surface area contributed by atoms with E-state index in [1.807, 2.05) is 20.8 Å². The number of ether oxygens (including phenoxy) is 1. The lowest BCUT2D eigenvalue weighted by Gasteiger charge is -2.34. The maximum atomic E-state index is 12.2. The number of rotatable bonds is 3. The lowest BCUT2D eigenvalue weighted by Crippen LogP contribution is -2.49. The van der Waals surface area contributed by atoms with Crippen molar-refractivity contribution in [2.75, 3.05) is 13.1 Å². The van der Waals surface area contributed by atoms with Crippen molar-refractivity contribution in [2.45, 2.75) is 69.8 Å². The van der Waals surface area contributed by atoms with Crippen molar-refractivity contribution in [3.8, 4) is 0 Å². The van der Waals surface area contributed by atoms with Gasteiger partial charge in [0.25, 0.3) is 0 Å². The van der Waals surface area contributed by atoms with Gasteiger partial charge in [-0.2, -0.15) is 0 Å². The lowest BCUT2D eigenvalue weighted by molar-refractivity contribution is 0.0203. The second kappa shape index (κ2) is 5.43. The summed E-state index contributed by atoms with van der Waals surface area (Å²) in [6.45, 7) is 8.34. The van der Waals surface area contributed by atoms with Crippen molar-refractivity contribution in [3.05, 3.63) is 0 Å². The van der Waals surface area contributed by atoms with Gasteiger partial charge in [-0.1, -0.05) is 0 Å². The number of carbonyl (C=O) groups is 1. The van der Waals surface area contributed by atoms with E-state index in [0.717, 1.165) is 12.8 Å². The molecule has 1 saturated heterocycles. The zero-order chi connectivity index (χ0) is 15.9. The molecule has 1 heterocycles. The van der Waals surface area contributed by atoms with Crippen molar-refractivity contribution >= 4 is 16.1 Å². The first-order valence-electron chi connectivity index (χ1n) is 7.52. The number of hydrogen-bond acceptors (Lipinski definition) is 4. The number of piperidine rings is 1. The first-order valence-corrected chi connectivity index (χ1v) is 9.01. The Hall–Kier alpha value is -0.820. The molecule has 7 heteroatoms. The molecule has 0 spiro atoms. The number of sulfonamides is 1. The fraction of sp³-hybridized carbons (Fsp3) is 0.929. The summed E-state index contributed by atoms with van der Waals surface area (Å²) in [6.07, 6.45) is 2.42. The van der Waals surface area contributed by atoms with Gasteiger partial charge >= 0.3 is 6.09 Å². The Labute approximate surface area is 127 Å². The van der Waals surface area contributed by atoms with Crippen molar-refractivity contribution in [1.29, 1.82) is 0 Å². The SMILES string of the molecule is CC(C)(C)OC(=O)N1CCC(NS(=O)(=O)C2(C)CC2)CC1. The van der Waals surface area contributed by atoms with Crippen LogP contribution < -0.4 is 4.72 Å². The maximum Gasteiger partial charge on any atom is 0.410 e. The molecule has 2 fully saturated rings. The van der Waals surface area contributed by atoms with Gasteiger partial charge in [-0.3, -0.25) is 0 Å². The molecular formula is C14H26N2O4S. The van der Waals surface area contributed by atoms with E-state index >= 15 is 0 Å². The van der Waals surface area contributed by atoms with Gasteiger partial charge in [0.15, 0.2) is 0 Å². The first kappa shape index (κ1) is 16.5. The van der Waals surface area contributed by atoms with Crippen LogP contribution in [-0.2, 0) is 14.8 Å². The quantitative estimate of drug-likeness (QED) is 0.862. The Morgan fingerprint density at radius 3 is 2.19 bits per heavy atom. The highest BCUT2D eigenvalue weighted by molar-refractivity contribution is 7.91. The predicted molar refractivity (Wildman–Crippen MR) is 80.5 cm³/mol. The van der Waals surface area contributed by atoms with Crippen molar-refractivity contribution in [2.24, 2.45) is 0 Å². The van der Waals surface area contributed by atoms with E-state index in [2.05, 4.69) is 4.72 Å². The summed E-state index contributed by atoms with van der Waals surface area (Å²) in [6, 6.07) is -0.0777. The summed E-state index contributed by atoms with van der Waals surface area (Å²) in [5.41, 5.74) is -0.504. The molecular weight excluding hydrogens is 292 g/mol. The molecule has 0 radical (unpaired) electrons. The summed E-state index contributed by atoms with van der Waals surface area (Å²) in [4.78, 5) is 13.6. The molecule has 0 unspecified atom stereocenters. The van der Waals surface area contributed by atoms with Crippen LogP contribution in [0.4, 0.5) is 4.79 Å². The molecule has 1 aliphatic heterocycles. The maximum absolute atomic E-state index is 12.2. The van der Waals surface area contributed by atoms with Gasteiger partial charge in [0.1, 0.15) is 5.60 Å². The Balaban J connectivity index is 1.82. The molecule has 6 nitrogen and oxygen atoms in total. The van der Waals surface area contributed by atoms with Crippen LogP contribution in [0, 0.1) is 0 Å². The highest BCUT2D eigenvalue weighted by Gasteiger charge is 2.50. The average Bonchev–Trinajstić information content (AvgIpc) is 3.07. The van der Waals surface area contributed by atoms with Crippen molar-refractivity contribution in [3.63, 3.8) is 0 Å². The van der Waals surface area contributed by atoms with Crippen LogP contribution >= 0.6 is 0 Å². The molecule has 2 aliphatic rings. The highest BCUT2D eigenvalue weighted by atomic mass is 32.2. The van der Waals surface area contributed by atoms with Gasteiger partial charge in [-0.15, -0.1) is 0 Å². The first-order chi connectivity index (χ1) is 9.52. The van der Waals surface area contributed by atoms with E-state index in [0.29, 0.717) is 25.9 Å². The molecule has 1 saturated carbocycles.